The molecule has 0 amide bonds. The molecule has 1 aromatic rings. The van der Waals surface area contributed by atoms with Gasteiger partial charge in [-0.3, -0.25) is 4.79 Å². The molecule has 0 aromatic carbocycles. The zero-order chi connectivity index (χ0) is 13.9. The molecule has 2 N–H and O–H groups in total. The number of halogens is 1. The highest BCUT2D eigenvalue weighted by Gasteiger charge is 2.31. The van der Waals surface area contributed by atoms with Gasteiger partial charge in [0.2, 0.25) is 0 Å². The predicted octanol–water partition coefficient (Wildman–Crippen LogP) is 1.25. The molecule has 0 aliphatic heterocycles. The number of nitrogens with one attached hydrogen (secondary N) is 1. The Bertz CT molecular complexity index is 556. The summed E-state index contributed by atoms with van der Waals surface area (Å²) in [6, 6.07) is 0. The molecular formula is C13H16ClN3O2. The molecule has 102 valence electrons. The van der Waals surface area contributed by atoms with Gasteiger partial charge in [0.1, 0.15) is 12.2 Å². The van der Waals surface area contributed by atoms with E-state index in [9.17, 15) is 9.90 Å². The minimum atomic E-state index is -0.754. The number of anilines is 1. The van der Waals surface area contributed by atoms with E-state index in [1.54, 1.807) is 0 Å². The number of aliphatic hydroxyl groups is 1. The van der Waals surface area contributed by atoms with Crippen LogP contribution in [0.3, 0.4) is 0 Å². The Morgan fingerprint density at radius 3 is 2.89 bits per heavy atom. The number of rotatable bonds is 4. The van der Waals surface area contributed by atoms with Crippen LogP contribution >= 0.6 is 11.6 Å². The summed E-state index contributed by atoms with van der Waals surface area (Å²) >= 11 is 5.96. The van der Waals surface area contributed by atoms with Gasteiger partial charge in [-0.25, -0.2) is 4.68 Å². The zero-order valence-corrected chi connectivity index (χ0v) is 11.3. The average Bonchev–Trinajstić information content (AvgIpc) is 2.80. The summed E-state index contributed by atoms with van der Waals surface area (Å²) < 4.78 is 1.16. The molecular weight excluding hydrogens is 266 g/mol. The summed E-state index contributed by atoms with van der Waals surface area (Å²) in [4.78, 5) is 12.1. The number of terminal acetylenes is 1. The maximum absolute atomic E-state index is 12.1. The summed E-state index contributed by atoms with van der Waals surface area (Å²) in [5.74, 6) is 2.36. The van der Waals surface area contributed by atoms with Crippen LogP contribution in [0.2, 0.25) is 5.02 Å². The Morgan fingerprint density at radius 2 is 2.26 bits per heavy atom. The van der Waals surface area contributed by atoms with Gasteiger partial charge in [0.25, 0.3) is 5.56 Å². The SMILES string of the molecule is C#CCn1ncc(Cl)c(NCC2(O)CCCC2)c1=O. The molecule has 1 fully saturated rings. The zero-order valence-electron chi connectivity index (χ0n) is 10.5. The van der Waals surface area contributed by atoms with Gasteiger partial charge in [0.15, 0.2) is 0 Å². The van der Waals surface area contributed by atoms with Crippen molar-refractivity contribution in [1.82, 2.24) is 9.78 Å². The van der Waals surface area contributed by atoms with Crippen molar-refractivity contribution in [3.05, 3.63) is 21.6 Å². The van der Waals surface area contributed by atoms with Crippen LogP contribution < -0.4 is 10.9 Å². The van der Waals surface area contributed by atoms with Gasteiger partial charge in [0, 0.05) is 6.54 Å². The van der Waals surface area contributed by atoms with E-state index in [1.807, 2.05) is 0 Å². The van der Waals surface area contributed by atoms with Crippen LogP contribution in [-0.4, -0.2) is 27.0 Å². The molecule has 1 aliphatic carbocycles. The first-order valence-electron chi connectivity index (χ1n) is 6.21. The third kappa shape index (κ3) is 3.09. The molecule has 2 rings (SSSR count). The van der Waals surface area contributed by atoms with Crippen LogP contribution in [0, 0.1) is 12.3 Å². The summed E-state index contributed by atoms with van der Waals surface area (Å²) in [7, 11) is 0. The molecule has 5 nitrogen and oxygen atoms in total. The second-order valence-electron chi connectivity index (χ2n) is 4.82. The normalized spacial score (nSPS) is 17.1. The fourth-order valence-electron chi connectivity index (χ4n) is 2.29. The Balaban J connectivity index is 2.18. The Hall–Kier alpha value is -1.51. The average molecular weight is 282 g/mol. The number of hydrogen-bond donors (Lipinski definition) is 2. The van der Waals surface area contributed by atoms with Gasteiger partial charge >= 0.3 is 0 Å². The van der Waals surface area contributed by atoms with Crippen LogP contribution in [0.1, 0.15) is 25.7 Å². The van der Waals surface area contributed by atoms with Crippen molar-refractivity contribution < 1.29 is 5.11 Å². The largest absolute Gasteiger partial charge is 0.388 e. The summed E-state index contributed by atoms with van der Waals surface area (Å²) in [6.45, 7) is 0.400. The third-order valence-corrected chi connectivity index (χ3v) is 3.65. The molecule has 0 saturated heterocycles. The molecule has 6 heteroatoms. The molecule has 19 heavy (non-hydrogen) atoms. The first kappa shape index (κ1) is 13.9. The van der Waals surface area contributed by atoms with Gasteiger partial charge in [-0.2, -0.15) is 5.10 Å². The fraction of sp³-hybridized carbons (Fsp3) is 0.538. The molecule has 0 bridgehead atoms. The van der Waals surface area contributed by atoms with Crippen LogP contribution in [0.15, 0.2) is 11.0 Å². The van der Waals surface area contributed by atoms with Gasteiger partial charge in [-0.1, -0.05) is 30.4 Å². The van der Waals surface area contributed by atoms with Crippen LogP contribution in [0.25, 0.3) is 0 Å². The monoisotopic (exact) mass is 281 g/mol. The minimum Gasteiger partial charge on any atom is -0.388 e. The van der Waals surface area contributed by atoms with Crippen molar-refractivity contribution in [2.75, 3.05) is 11.9 Å². The molecule has 0 unspecified atom stereocenters. The third-order valence-electron chi connectivity index (χ3n) is 3.37. The van der Waals surface area contributed by atoms with Crippen molar-refractivity contribution in [2.24, 2.45) is 0 Å². The molecule has 0 atom stereocenters. The Kier molecular flexibility index (Phi) is 4.13. The minimum absolute atomic E-state index is 0.0922. The van der Waals surface area contributed by atoms with Gasteiger partial charge in [-0.05, 0) is 12.8 Å². The molecule has 0 radical (unpaired) electrons. The van der Waals surface area contributed by atoms with Gasteiger partial charge in [0.05, 0.1) is 16.8 Å². The highest BCUT2D eigenvalue weighted by atomic mass is 35.5. The lowest BCUT2D eigenvalue weighted by Gasteiger charge is -2.23. The number of aromatic nitrogens is 2. The van der Waals surface area contributed by atoms with E-state index in [1.165, 1.54) is 6.20 Å². The second kappa shape index (κ2) is 5.64. The van der Waals surface area contributed by atoms with Crippen LogP contribution in [0.4, 0.5) is 5.69 Å². The summed E-state index contributed by atoms with van der Waals surface area (Å²) in [5, 5.41) is 17.3. The van der Waals surface area contributed by atoms with E-state index >= 15 is 0 Å². The van der Waals surface area contributed by atoms with E-state index in [-0.39, 0.29) is 22.8 Å². The van der Waals surface area contributed by atoms with E-state index in [4.69, 9.17) is 18.0 Å². The van der Waals surface area contributed by atoms with Crippen molar-refractivity contribution >= 4 is 17.3 Å². The van der Waals surface area contributed by atoms with Crippen molar-refractivity contribution in [3.8, 4) is 12.3 Å². The molecule has 1 heterocycles. The lowest BCUT2D eigenvalue weighted by molar-refractivity contribution is 0.0614. The summed E-state index contributed by atoms with van der Waals surface area (Å²) in [5.41, 5.74) is -0.880. The summed E-state index contributed by atoms with van der Waals surface area (Å²) in [6.07, 6.45) is 10.0. The number of hydrogen-bond acceptors (Lipinski definition) is 4. The maximum Gasteiger partial charge on any atom is 0.292 e. The van der Waals surface area contributed by atoms with Gasteiger partial charge < -0.3 is 10.4 Å². The quantitative estimate of drug-likeness (QED) is 0.815. The van der Waals surface area contributed by atoms with E-state index in [0.717, 1.165) is 30.4 Å². The molecule has 1 saturated carbocycles. The van der Waals surface area contributed by atoms with Crippen LogP contribution in [0.5, 0.6) is 0 Å². The second-order valence-corrected chi connectivity index (χ2v) is 5.23. The number of nitrogens with zero attached hydrogens (tertiary/aromatic N) is 2. The van der Waals surface area contributed by atoms with Gasteiger partial charge in [-0.15, -0.1) is 6.42 Å². The Labute approximate surface area is 116 Å². The standard InChI is InChI=1S/C13H16ClN3O2/c1-2-7-17-12(18)11(10(14)8-16-17)15-9-13(19)5-3-4-6-13/h1,8,15,19H,3-7,9H2. The fourth-order valence-corrected chi connectivity index (χ4v) is 2.48. The first-order chi connectivity index (χ1) is 9.06. The molecule has 1 aromatic heterocycles. The smallest absolute Gasteiger partial charge is 0.292 e. The van der Waals surface area contributed by atoms with E-state index in [0.29, 0.717) is 6.54 Å². The first-order valence-corrected chi connectivity index (χ1v) is 6.59. The molecule has 0 spiro atoms. The van der Waals surface area contributed by atoms with Crippen molar-refractivity contribution in [3.63, 3.8) is 0 Å². The predicted molar refractivity (Wildman–Crippen MR) is 74.2 cm³/mol. The van der Waals surface area contributed by atoms with E-state index in [2.05, 4.69) is 16.3 Å². The maximum atomic E-state index is 12.1. The highest BCUT2D eigenvalue weighted by Crippen LogP contribution is 2.29. The Morgan fingerprint density at radius 1 is 1.58 bits per heavy atom. The lowest BCUT2D eigenvalue weighted by Crippen LogP contribution is -2.36. The molecule has 1 aliphatic rings. The van der Waals surface area contributed by atoms with E-state index < -0.39 is 5.60 Å². The van der Waals surface area contributed by atoms with Crippen molar-refractivity contribution in [2.45, 2.75) is 37.8 Å². The lowest BCUT2D eigenvalue weighted by atomic mass is 10.0. The topological polar surface area (TPSA) is 67.2 Å². The van der Waals surface area contributed by atoms with Crippen LogP contribution in [-0.2, 0) is 6.54 Å². The highest BCUT2D eigenvalue weighted by molar-refractivity contribution is 6.32. The van der Waals surface area contributed by atoms with Crippen molar-refractivity contribution in [1.29, 1.82) is 0 Å².